The van der Waals surface area contributed by atoms with Crippen LogP contribution >= 0.6 is 0 Å². The Bertz CT molecular complexity index is 1420. The third kappa shape index (κ3) is 4.22. The molecule has 0 bridgehead atoms. The molecule has 2 unspecified atom stereocenters. The number of anilines is 2. The number of carbonyl (C=O) groups excluding carboxylic acids is 2. The Hall–Kier alpha value is -4.21. The first-order chi connectivity index (χ1) is 17.5. The average molecular weight is 510 g/mol. The molecule has 1 aliphatic heterocycles. The van der Waals surface area contributed by atoms with Crippen molar-refractivity contribution in [3.05, 3.63) is 101 Å². The van der Waals surface area contributed by atoms with Gasteiger partial charge >= 0.3 is 6.18 Å². The highest BCUT2D eigenvalue weighted by Crippen LogP contribution is 2.53. The first kappa shape index (κ1) is 24.5. The van der Waals surface area contributed by atoms with E-state index in [0.29, 0.717) is 17.1 Å². The smallest absolute Gasteiger partial charge is 0.331 e. The fraction of sp³-hybridized carbons (Fsp3) is 0.222. The largest absolute Gasteiger partial charge is 0.417 e. The molecule has 10 heteroatoms. The Morgan fingerprint density at radius 3 is 2.51 bits per heavy atom. The first-order valence-electron chi connectivity index (χ1n) is 11.5. The van der Waals surface area contributed by atoms with E-state index in [1.807, 2.05) is 6.08 Å². The molecule has 1 fully saturated rings. The summed E-state index contributed by atoms with van der Waals surface area (Å²) in [6, 6.07) is 8.18. The number of nitrogens with one attached hydrogen (secondary N) is 2. The van der Waals surface area contributed by atoms with Gasteiger partial charge < -0.3 is 10.3 Å². The zero-order valence-corrected chi connectivity index (χ0v) is 19.8. The number of allylic oxidation sites excluding steroid dienone is 4. The first-order valence-corrected chi connectivity index (χ1v) is 11.5. The quantitative estimate of drug-likeness (QED) is 0.420. The Kier molecular flexibility index (Phi) is 5.77. The third-order valence-corrected chi connectivity index (χ3v) is 6.86. The molecule has 2 aliphatic rings. The Morgan fingerprint density at radius 2 is 1.86 bits per heavy atom. The zero-order chi connectivity index (χ0) is 26.5. The number of halogens is 4. The Morgan fingerprint density at radius 1 is 1.14 bits per heavy atom. The fourth-order valence-corrected chi connectivity index (χ4v) is 5.10. The van der Waals surface area contributed by atoms with Crippen LogP contribution in [0.5, 0.6) is 0 Å². The second-order valence-corrected chi connectivity index (χ2v) is 9.54. The molecule has 37 heavy (non-hydrogen) atoms. The van der Waals surface area contributed by atoms with Gasteiger partial charge in [-0.2, -0.15) is 13.2 Å². The van der Waals surface area contributed by atoms with Crippen LogP contribution in [0, 0.1) is 17.2 Å². The number of hydrogen-bond donors (Lipinski definition) is 2. The molecule has 0 saturated carbocycles. The van der Waals surface area contributed by atoms with Gasteiger partial charge in [-0.3, -0.25) is 14.5 Å². The van der Waals surface area contributed by atoms with Crippen molar-refractivity contribution < 1.29 is 27.2 Å². The number of hydrogen-bond acceptors (Lipinski definition) is 3. The molecule has 1 aromatic heterocycles. The van der Waals surface area contributed by atoms with Gasteiger partial charge in [0.2, 0.25) is 5.91 Å². The molecule has 1 saturated heterocycles. The van der Waals surface area contributed by atoms with E-state index in [4.69, 9.17) is 0 Å². The number of rotatable bonds is 4. The normalized spacial score (nSPS) is 20.5. The molecule has 0 radical (unpaired) electrons. The van der Waals surface area contributed by atoms with Crippen molar-refractivity contribution in [1.29, 1.82) is 0 Å². The van der Waals surface area contributed by atoms with Crippen molar-refractivity contribution in [2.45, 2.75) is 25.9 Å². The van der Waals surface area contributed by atoms with E-state index < -0.39 is 46.3 Å². The van der Waals surface area contributed by atoms with Crippen molar-refractivity contribution in [3.63, 3.8) is 0 Å². The van der Waals surface area contributed by atoms with Crippen molar-refractivity contribution in [2.75, 3.05) is 10.2 Å². The minimum Gasteiger partial charge on any atom is -0.331 e. The predicted octanol–water partition coefficient (Wildman–Crippen LogP) is 6.05. The van der Waals surface area contributed by atoms with E-state index in [0.717, 1.165) is 18.2 Å². The standard InChI is InChI=1S/C27H22F4N4O2/c1-26(2)23-18(4-3-5-21(23)35(25(26)37)22-13-32-14-33-22)15-6-11-20(27(29,30)31)19(12-15)24(36)34-17-9-7-16(28)8-10-17/h3-14,18,23H,1-2H3,(H,32,33)(H,34,36). The van der Waals surface area contributed by atoms with E-state index >= 15 is 0 Å². The lowest BCUT2D eigenvalue weighted by molar-refractivity contribution is -0.137. The van der Waals surface area contributed by atoms with Crippen LogP contribution in [0.15, 0.2) is 78.9 Å². The van der Waals surface area contributed by atoms with Gasteiger partial charge in [0.25, 0.3) is 5.91 Å². The maximum atomic E-state index is 13.9. The van der Waals surface area contributed by atoms with Gasteiger partial charge in [0.05, 0.1) is 29.1 Å². The maximum absolute atomic E-state index is 13.9. The summed E-state index contributed by atoms with van der Waals surface area (Å²) in [5, 5.41) is 2.41. The summed E-state index contributed by atoms with van der Waals surface area (Å²) >= 11 is 0. The van der Waals surface area contributed by atoms with Crippen molar-refractivity contribution in [2.24, 2.45) is 11.3 Å². The SMILES string of the molecule is CC1(C)C(=O)N(c2cnc[nH]2)C2=CC=CC(c3ccc(C(F)(F)F)c(C(=O)Nc4ccc(F)cc4)c3)C21. The maximum Gasteiger partial charge on any atom is 0.417 e. The topological polar surface area (TPSA) is 78.1 Å². The molecule has 5 rings (SSSR count). The van der Waals surface area contributed by atoms with Gasteiger partial charge in [0.15, 0.2) is 0 Å². The predicted molar refractivity (Wildman–Crippen MR) is 129 cm³/mol. The van der Waals surface area contributed by atoms with Gasteiger partial charge in [-0.15, -0.1) is 0 Å². The second-order valence-electron chi connectivity index (χ2n) is 9.54. The number of aromatic amines is 1. The second kappa shape index (κ2) is 8.72. The van der Waals surface area contributed by atoms with E-state index in [1.165, 1.54) is 36.8 Å². The number of carbonyl (C=O) groups is 2. The van der Waals surface area contributed by atoms with Gasteiger partial charge in [0.1, 0.15) is 11.6 Å². The molecule has 3 aromatic rings. The fourth-order valence-electron chi connectivity index (χ4n) is 5.10. The van der Waals surface area contributed by atoms with E-state index in [2.05, 4.69) is 15.3 Å². The molecule has 0 spiro atoms. The molecule has 190 valence electrons. The third-order valence-electron chi connectivity index (χ3n) is 6.86. The minimum absolute atomic E-state index is 0.158. The van der Waals surface area contributed by atoms with Crippen molar-refractivity contribution in [3.8, 4) is 0 Å². The molecule has 6 nitrogen and oxygen atoms in total. The number of imidazole rings is 1. The van der Waals surface area contributed by atoms with Crippen LogP contribution < -0.4 is 10.2 Å². The molecule has 2 aromatic carbocycles. The molecule has 2 heterocycles. The van der Waals surface area contributed by atoms with Crippen LogP contribution in [-0.4, -0.2) is 21.8 Å². The van der Waals surface area contributed by atoms with Crippen LogP contribution in [0.4, 0.5) is 29.1 Å². The molecule has 2 N–H and O–H groups in total. The summed E-state index contributed by atoms with van der Waals surface area (Å²) in [5.74, 6) is -2.08. The van der Waals surface area contributed by atoms with Crippen LogP contribution in [0.3, 0.4) is 0 Å². The molecular weight excluding hydrogens is 488 g/mol. The van der Waals surface area contributed by atoms with Crippen LogP contribution in [0.2, 0.25) is 0 Å². The molecule has 1 aliphatic carbocycles. The highest BCUT2D eigenvalue weighted by molar-refractivity contribution is 6.06. The molecule has 2 atom stereocenters. The summed E-state index contributed by atoms with van der Waals surface area (Å²) in [6.45, 7) is 3.59. The van der Waals surface area contributed by atoms with Crippen LogP contribution in [0.1, 0.15) is 41.3 Å². The number of H-pyrrole nitrogens is 1. The number of aromatic nitrogens is 2. The number of nitrogens with zero attached hydrogens (tertiary/aromatic N) is 2. The highest BCUT2D eigenvalue weighted by atomic mass is 19.4. The number of amides is 2. The number of benzene rings is 2. The minimum atomic E-state index is -4.78. The summed E-state index contributed by atoms with van der Waals surface area (Å²) in [6.07, 6.45) is 3.60. The summed E-state index contributed by atoms with van der Waals surface area (Å²) in [5.41, 5.74) is -1.25. The van der Waals surface area contributed by atoms with Crippen molar-refractivity contribution in [1.82, 2.24) is 9.97 Å². The lowest BCUT2D eigenvalue weighted by Crippen LogP contribution is -2.33. The monoisotopic (exact) mass is 510 g/mol. The van der Waals surface area contributed by atoms with Gasteiger partial charge in [-0.1, -0.05) is 32.1 Å². The van der Waals surface area contributed by atoms with Crippen LogP contribution in [0.25, 0.3) is 0 Å². The Labute approximate surface area is 209 Å². The highest BCUT2D eigenvalue weighted by Gasteiger charge is 2.54. The molecule has 2 amide bonds. The zero-order valence-electron chi connectivity index (χ0n) is 19.8. The lowest BCUT2D eigenvalue weighted by Gasteiger charge is -2.32. The van der Waals surface area contributed by atoms with Gasteiger partial charge in [-0.25, -0.2) is 9.37 Å². The van der Waals surface area contributed by atoms with Gasteiger partial charge in [-0.05, 0) is 48.0 Å². The number of alkyl halides is 3. The van der Waals surface area contributed by atoms with Crippen LogP contribution in [-0.2, 0) is 11.0 Å². The van der Waals surface area contributed by atoms with Crippen molar-refractivity contribution >= 4 is 23.3 Å². The average Bonchev–Trinajstić information content (AvgIpc) is 3.45. The van der Waals surface area contributed by atoms with E-state index in [9.17, 15) is 27.2 Å². The Balaban J connectivity index is 1.55. The summed E-state index contributed by atoms with van der Waals surface area (Å²) in [4.78, 5) is 34.9. The van der Waals surface area contributed by atoms with E-state index in [1.54, 1.807) is 30.9 Å². The molecular formula is C27H22F4N4O2. The summed E-state index contributed by atoms with van der Waals surface area (Å²) < 4.78 is 54.8. The lowest BCUT2D eigenvalue weighted by atomic mass is 9.68. The van der Waals surface area contributed by atoms with Gasteiger partial charge in [0, 0.05) is 23.2 Å². The van der Waals surface area contributed by atoms with E-state index in [-0.39, 0.29) is 11.6 Å². The number of fused-ring (bicyclic) bond motifs is 1. The summed E-state index contributed by atoms with van der Waals surface area (Å²) in [7, 11) is 0.